The van der Waals surface area contributed by atoms with E-state index in [1.54, 1.807) is 40.8 Å². The van der Waals surface area contributed by atoms with Crippen LogP contribution in [0.5, 0.6) is 0 Å². The van der Waals surface area contributed by atoms with Crippen molar-refractivity contribution in [1.29, 1.82) is 0 Å². The van der Waals surface area contributed by atoms with Crippen LogP contribution < -0.4 is 10.6 Å². The van der Waals surface area contributed by atoms with Gasteiger partial charge in [0.05, 0.1) is 11.9 Å². The second-order valence-corrected chi connectivity index (χ2v) is 5.59. The Bertz CT molecular complexity index is 799. The van der Waals surface area contributed by atoms with Crippen LogP contribution in [0.3, 0.4) is 0 Å². The van der Waals surface area contributed by atoms with Gasteiger partial charge in [-0.25, -0.2) is 14.6 Å². The topological polar surface area (TPSA) is 102 Å². The molecule has 122 valence electrons. The minimum atomic E-state index is -0.221. The van der Waals surface area contributed by atoms with Crippen molar-refractivity contribution in [1.82, 2.24) is 25.1 Å². The average molecular weight is 342 g/mol. The molecular formula is C15H14N6O2S. The van der Waals surface area contributed by atoms with E-state index in [0.717, 1.165) is 5.69 Å². The number of pyridine rings is 1. The van der Waals surface area contributed by atoms with Crippen LogP contribution in [0.4, 0.5) is 5.82 Å². The highest BCUT2D eigenvalue weighted by Crippen LogP contribution is 2.08. The van der Waals surface area contributed by atoms with E-state index >= 15 is 0 Å². The quantitative estimate of drug-likeness (QED) is 0.706. The van der Waals surface area contributed by atoms with Gasteiger partial charge in [0.1, 0.15) is 18.5 Å². The molecule has 0 aliphatic heterocycles. The van der Waals surface area contributed by atoms with E-state index in [9.17, 15) is 9.59 Å². The Kier molecular flexibility index (Phi) is 4.92. The summed E-state index contributed by atoms with van der Waals surface area (Å²) in [7, 11) is 0. The van der Waals surface area contributed by atoms with Crippen LogP contribution in [0.1, 0.15) is 16.8 Å². The van der Waals surface area contributed by atoms with Crippen LogP contribution in [0.15, 0.2) is 47.8 Å². The van der Waals surface area contributed by atoms with Crippen LogP contribution >= 0.6 is 11.3 Å². The van der Waals surface area contributed by atoms with Gasteiger partial charge >= 0.3 is 0 Å². The normalized spacial score (nSPS) is 10.3. The summed E-state index contributed by atoms with van der Waals surface area (Å²) in [5, 5.41) is 13.0. The second kappa shape index (κ2) is 7.47. The van der Waals surface area contributed by atoms with Gasteiger partial charge in [-0.15, -0.1) is 0 Å². The van der Waals surface area contributed by atoms with E-state index in [4.69, 9.17) is 0 Å². The highest BCUT2D eigenvalue weighted by atomic mass is 32.1. The van der Waals surface area contributed by atoms with Gasteiger partial charge in [-0.2, -0.15) is 16.4 Å². The lowest BCUT2D eigenvalue weighted by molar-refractivity contribution is -0.116. The third-order valence-corrected chi connectivity index (χ3v) is 3.80. The molecule has 0 aliphatic carbocycles. The van der Waals surface area contributed by atoms with Crippen molar-refractivity contribution in [2.75, 3.05) is 11.9 Å². The van der Waals surface area contributed by atoms with Gasteiger partial charge in [0.2, 0.25) is 5.91 Å². The molecule has 2 amide bonds. The van der Waals surface area contributed by atoms with E-state index in [-0.39, 0.29) is 24.8 Å². The Morgan fingerprint density at radius 2 is 2.17 bits per heavy atom. The standard InChI is InChI=1S/C15H14N6O2S/c22-14(3-5-17-15(23)11-4-6-24-8-11)20-13-2-1-12(7-18-13)21-10-16-9-19-21/h1-2,4,6-10H,3,5H2,(H,17,23)(H,18,20,22). The Hall–Kier alpha value is -3.07. The van der Waals surface area contributed by atoms with Gasteiger partial charge in [-0.05, 0) is 23.6 Å². The number of nitrogens with one attached hydrogen (secondary N) is 2. The highest BCUT2D eigenvalue weighted by molar-refractivity contribution is 7.08. The van der Waals surface area contributed by atoms with Gasteiger partial charge in [0.25, 0.3) is 5.91 Å². The molecular weight excluding hydrogens is 328 g/mol. The molecule has 2 N–H and O–H groups in total. The van der Waals surface area contributed by atoms with E-state index < -0.39 is 0 Å². The molecule has 3 rings (SSSR count). The molecule has 0 unspecified atom stereocenters. The summed E-state index contributed by atoms with van der Waals surface area (Å²) in [5.41, 5.74) is 1.35. The highest BCUT2D eigenvalue weighted by Gasteiger charge is 2.08. The van der Waals surface area contributed by atoms with Crippen molar-refractivity contribution in [2.24, 2.45) is 0 Å². The third-order valence-electron chi connectivity index (χ3n) is 3.12. The molecule has 0 bridgehead atoms. The minimum absolute atomic E-state index is 0.169. The summed E-state index contributed by atoms with van der Waals surface area (Å²) in [6.07, 6.45) is 4.75. The van der Waals surface area contributed by atoms with Crippen molar-refractivity contribution in [3.05, 3.63) is 53.4 Å². The van der Waals surface area contributed by atoms with Crippen LogP contribution in [0, 0.1) is 0 Å². The number of thiophene rings is 1. The van der Waals surface area contributed by atoms with E-state index in [1.165, 1.54) is 17.7 Å². The first kappa shape index (κ1) is 15.8. The van der Waals surface area contributed by atoms with Crippen LogP contribution in [0.25, 0.3) is 5.69 Å². The SMILES string of the molecule is O=C(CCNC(=O)c1ccsc1)Nc1ccc(-n2cncn2)cn1. The van der Waals surface area contributed by atoms with E-state index in [2.05, 4.69) is 25.7 Å². The lowest BCUT2D eigenvalue weighted by atomic mass is 10.3. The summed E-state index contributed by atoms with van der Waals surface area (Å²) in [4.78, 5) is 31.6. The first-order valence-corrected chi connectivity index (χ1v) is 8.08. The molecule has 24 heavy (non-hydrogen) atoms. The number of aromatic nitrogens is 4. The van der Waals surface area contributed by atoms with Crippen molar-refractivity contribution in [3.63, 3.8) is 0 Å². The molecule has 3 aromatic heterocycles. The number of carbonyl (C=O) groups excluding carboxylic acids is 2. The molecule has 3 aromatic rings. The van der Waals surface area contributed by atoms with Crippen LogP contribution in [0.2, 0.25) is 0 Å². The lowest BCUT2D eigenvalue weighted by Gasteiger charge is -2.06. The zero-order valence-corrected chi connectivity index (χ0v) is 13.4. The molecule has 0 fully saturated rings. The maximum Gasteiger partial charge on any atom is 0.252 e. The Morgan fingerprint density at radius 1 is 1.25 bits per heavy atom. The predicted octanol–water partition coefficient (Wildman–Crippen LogP) is 1.48. The van der Waals surface area contributed by atoms with E-state index in [1.807, 2.05) is 5.38 Å². The minimum Gasteiger partial charge on any atom is -0.351 e. The number of carbonyl (C=O) groups is 2. The van der Waals surface area contributed by atoms with Gasteiger partial charge in [0.15, 0.2) is 0 Å². The number of amides is 2. The first-order chi connectivity index (χ1) is 11.7. The number of hydrogen-bond donors (Lipinski definition) is 2. The van der Waals surface area contributed by atoms with Crippen LogP contribution in [-0.4, -0.2) is 38.1 Å². The number of rotatable bonds is 6. The second-order valence-electron chi connectivity index (χ2n) is 4.81. The Morgan fingerprint density at radius 3 is 2.83 bits per heavy atom. The number of hydrogen-bond acceptors (Lipinski definition) is 6. The summed E-state index contributed by atoms with van der Waals surface area (Å²) in [5.74, 6) is 0.0361. The first-order valence-electron chi connectivity index (χ1n) is 7.14. The van der Waals surface area contributed by atoms with Crippen molar-refractivity contribution in [2.45, 2.75) is 6.42 Å². The Balaban J connectivity index is 1.46. The van der Waals surface area contributed by atoms with Gasteiger partial charge in [0, 0.05) is 23.9 Å². The molecule has 8 nitrogen and oxygen atoms in total. The molecule has 0 atom stereocenters. The van der Waals surface area contributed by atoms with Gasteiger partial charge < -0.3 is 10.6 Å². The zero-order valence-electron chi connectivity index (χ0n) is 12.5. The average Bonchev–Trinajstić information content (AvgIpc) is 3.29. The van der Waals surface area contributed by atoms with Crippen molar-refractivity contribution >= 4 is 29.0 Å². The number of nitrogens with zero attached hydrogens (tertiary/aromatic N) is 4. The summed E-state index contributed by atoms with van der Waals surface area (Å²) in [6.45, 7) is 0.261. The zero-order chi connectivity index (χ0) is 16.8. The largest absolute Gasteiger partial charge is 0.351 e. The van der Waals surface area contributed by atoms with Gasteiger partial charge in [-0.1, -0.05) is 0 Å². The fourth-order valence-corrected chi connectivity index (χ4v) is 2.56. The molecule has 3 heterocycles. The maximum absolute atomic E-state index is 11.9. The van der Waals surface area contributed by atoms with Crippen molar-refractivity contribution < 1.29 is 9.59 Å². The smallest absolute Gasteiger partial charge is 0.252 e. The van der Waals surface area contributed by atoms with E-state index in [0.29, 0.717) is 11.4 Å². The summed E-state index contributed by atoms with van der Waals surface area (Å²) in [6, 6.07) is 5.19. The predicted molar refractivity (Wildman–Crippen MR) is 89.1 cm³/mol. The Labute approximate surface area is 141 Å². The monoisotopic (exact) mass is 342 g/mol. The molecule has 0 saturated heterocycles. The fraction of sp³-hybridized carbons (Fsp3) is 0.133. The molecule has 0 radical (unpaired) electrons. The number of anilines is 1. The van der Waals surface area contributed by atoms with Crippen molar-refractivity contribution in [3.8, 4) is 5.69 Å². The van der Waals surface area contributed by atoms with Crippen LogP contribution in [-0.2, 0) is 4.79 Å². The fourth-order valence-electron chi connectivity index (χ4n) is 1.93. The summed E-state index contributed by atoms with van der Waals surface area (Å²) >= 11 is 1.45. The molecule has 0 aromatic carbocycles. The lowest BCUT2D eigenvalue weighted by Crippen LogP contribution is -2.27. The maximum atomic E-state index is 11.9. The van der Waals surface area contributed by atoms with Gasteiger partial charge in [-0.3, -0.25) is 9.59 Å². The third kappa shape index (κ3) is 4.02. The molecule has 0 spiro atoms. The molecule has 9 heteroatoms. The molecule has 0 aliphatic rings. The summed E-state index contributed by atoms with van der Waals surface area (Å²) < 4.78 is 1.57. The molecule has 0 saturated carbocycles.